The molecule has 0 saturated heterocycles. The molecule has 1 atom stereocenters. The molecule has 5 rings (SSSR count). The van der Waals surface area contributed by atoms with Crippen molar-refractivity contribution in [1.82, 2.24) is 4.57 Å². The van der Waals surface area contributed by atoms with Crippen LogP contribution < -0.4 is 10.3 Å². The molecule has 0 spiro atoms. The standard InChI is InChI=1S/C34H36FNO5/c1-20-23-12-9-17-40-30(23)27(35)19-25(20)28-24-16-15-22(14-13-21-10-7-6-8-11-21)18-26(24)32(37)36(5)29(28)31(33(38)39)41-34(2,3)4/h6-8,10-11,15-16,18-19,31H,9,12-14,17H2,1-5H3,(H,38,39). The fraction of sp³-hybridized carbons (Fsp3) is 0.353. The van der Waals surface area contributed by atoms with Crippen LogP contribution in [0.2, 0.25) is 0 Å². The van der Waals surface area contributed by atoms with Gasteiger partial charge in [-0.2, -0.15) is 0 Å². The second-order valence-electron chi connectivity index (χ2n) is 11.7. The maximum absolute atomic E-state index is 15.5. The molecule has 6 nitrogen and oxygen atoms in total. The van der Waals surface area contributed by atoms with Crippen LogP contribution in [0.5, 0.6) is 5.75 Å². The molecular formula is C34H36FNO5. The predicted molar refractivity (Wildman–Crippen MR) is 158 cm³/mol. The molecule has 2 heterocycles. The quantitative estimate of drug-likeness (QED) is 0.274. The smallest absolute Gasteiger partial charge is 0.339 e. The van der Waals surface area contributed by atoms with Crippen LogP contribution in [0.4, 0.5) is 4.39 Å². The van der Waals surface area contributed by atoms with Crippen molar-refractivity contribution in [3.05, 3.63) is 98.7 Å². The number of carboxylic acid groups (broad SMARTS) is 1. The van der Waals surface area contributed by atoms with E-state index in [4.69, 9.17) is 9.47 Å². The van der Waals surface area contributed by atoms with E-state index in [0.717, 1.165) is 36.0 Å². The number of hydrogen-bond donors (Lipinski definition) is 1. The topological polar surface area (TPSA) is 77.8 Å². The van der Waals surface area contributed by atoms with Gasteiger partial charge in [-0.25, -0.2) is 9.18 Å². The van der Waals surface area contributed by atoms with Crippen molar-refractivity contribution in [1.29, 1.82) is 0 Å². The number of aromatic nitrogens is 1. The highest BCUT2D eigenvalue weighted by molar-refractivity contribution is 6.00. The Kier molecular flexibility index (Phi) is 7.75. The van der Waals surface area contributed by atoms with Crippen molar-refractivity contribution in [2.45, 2.75) is 65.1 Å². The Bertz CT molecular complexity index is 1680. The van der Waals surface area contributed by atoms with E-state index in [2.05, 4.69) is 12.1 Å². The molecule has 0 aliphatic carbocycles. The first-order chi connectivity index (χ1) is 19.5. The first-order valence-electron chi connectivity index (χ1n) is 14.0. The zero-order valence-electron chi connectivity index (χ0n) is 24.2. The zero-order chi connectivity index (χ0) is 29.5. The summed E-state index contributed by atoms with van der Waals surface area (Å²) < 4.78 is 28.6. The first-order valence-corrected chi connectivity index (χ1v) is 14.0. The SMILES string of the molecule is Cc1c(-c2c(C(OC(C)(C)C)C(=O)O)n(C)c(=O)c3cc(CCc4ccccc4)ccc23)cc(F)c2c1CCCO2. The van der Waals surface area contributed by atoms with E-state index < -0.39 is 23.5 Å². The fourth-order valence-corrected chi connectivity index (χ4v) is 5.76. The molecule has 0 amide bonds. The molecule has 0 bridgehead atoms. The number of nitrogens with zero attached hydrogens (tertiary/aromatic N) is 1. The summed E-state index contributed by atoms with van der Waals surface area (Å²) in [5.74, 6) is -1.48. The number of halogens is 1. The van der Waals surface area contributed by atoms with Gasteiger partial charge in [0, 0.05) is 23.6 Å². The molecular weight excluding hydrogens is 521 g/mol. The van der Waals surface area contributed by atoms with Gasteiger partial charge in [0.15, 0.2) is 17.7 Å². The Morgan fingerprint density at radius 2 is 1.78 bits per heavy atom. The van der Waals surface area contributed by atoms with Crippen LogP contribution in [0.1, 0.15) is 61.2 Å². The highest BCUT2D eigenvalue weighted by atomic mass is 19.1. The normalized spacial score (nSPS) is 14.0. The van der Waals surface area contributed by atoms with E-state index in [1.54, 1.807) is 27.8 Å². The lowest BCUT2D eigenvalue weighted by molar-refractivity contribution is -0.161. The largest absolute Gasteiger partial charge is 0.490 e. The van der Waals surface area contributed by atoms with Gasteiger partial charge < -0.3 is 19.1 Å². The van der Waals surface area contributed by atoms with Gasteiger partial charge in [-0.3, -0.25) is 4.79 Å². The molecule has 41 heavy (non-hydrogen) atoms. The number of pyridine rings is 1. The summed E-state index contributed by atoms with van der Waals surface area (Å²) in [6.45, 7) is 7.65. The summed E-state index contributed by atoms with van der Waals surface area (Å²) in [7, 11) is 1.56. The minimum absolute atomic E-state index is 0.182. The van der Waals surface area contributed by atoms with E-state index in [1.807, 2.05) is 43.3 Å². The van der Waals surface area contributed by atoms with Gasteiger partial charge in [-0.1, -0.05) is 42.5 Å². The number of benzene rings is 3. The lowest BCUT2D eigenvalue weighted by Gasteiger charge is -2.29. The molecule has 1 unspecified atom stereocenters. The number of rotatable bonds is 7. The summed E-state index contributed by atoms with van der Waals surface area (Å²) in [6, 6.07) is 17.2. The van der Waals surface area contributed by atoms with Crippen molar-refractivity contribution in [2.24, 2.45) is 7.05 Å². The number of aryl methyl sites for hydroxylation is 2. The van der Waals surface area contributed by atoms with E-state index in [-0.39, 0.29) is 17.0 Å². The molecule has 7 heteroatoms. The van der Waals surface area contributed by atoms with Gasteiger partial charge in [0.2, 0.25) is 0 Å². The number of carboxylic acids is 1. The van der Waals surface area contributed by atoms with Gasteiger partial charge in [0.1, 0.15) is 0 Å². The van der Waals surface area contributed by atoms with E-state index in [9.17, 15) is 14.7 Å². The number of hydrogen-bond acceptors (Lipinski definition) is 4. The van der Waals surface area contributed by atoms with E-state index >= 15 is 4.39 Å². The summed E-state index contributed by atoms with van der Waals surface area (Å²) in [5.41, 5.74) is 3.79. The second kappa shape index (κ2) is 11.1. The summed E-state index contributed by atoms with van der Waals surface area (Å²) in [4.78, 5) is 26.5. The minimum Gasteiger partial charge on any atom is -0.490 e. The highest BCUT2D eigenvalue weighted by Crippen LogP contribution is 2.43. The van der Waals surface area contributed by atoms with Crippen LogP contribution in [0.15, 0.2) is 59.4 Å². The molecule has 1 aliphatic heterocycles. The van der Waals surface area contributed by atoms with Gasteiger partial charge in [0.05, 0.1) is 17.9 Å². The first kappa shape index (κ1) is 28.6. The number of aliphatic carboxylic acids is 1. The Balaban J connectivity index is 1.78. The zero-order valence-corrected chi connectivity index (χ0v) is 24.2. The molecule has 1 aromatic heterocycles. The van der Waals surface area contributed by atoms with E-state index in [1.165, 1.54) is 16.2 Å². The van der Waals surface area contributed by atoms with Crippen molar-refractivity contribution in [3.8, 4) is 16.9 Å². The van der Waals surface area contributed by atoms with Crippen molar-refractivity contribution < 1.29 is 23.8 Å². The monoisotopic (exact) mass is 557 g/mol. The number of carbonyl (C=O) groups is 1. The third kappa shape index (κ3) is 5.64. The molecule has 1 aliphatic rings. The molecule has 214 valence electrons. The summed E-state index contributed by atoms with van der Waals surface area (Å²) in [6.07, 6.45) is 1.49. The lowest BCUT2D eigenvalue weighted by atomic mass is 9.87. The Morgan fingerprint density at radius 3 is 2.46 bits per heavy atom. The average molecular weight is 558 g/mol. The van der Waals surface area contributed by atoms with Crippen LogP contribution in [-0.2, 0) is 35.8 Å². The minimum atomic E-state index is -1.46. The number of fused-ring (bicyclic) bond motifs is 2. The molecule has 0 fully saturated rings. The fourth-order valence-electron chi connectivity index (χ4n) is 5.76. The van der Waals surface area contributed by atoms with Crippen molar-refractivity contribution >= 4 is 16.7 Å². The van der Waals surface area contributed by atoms with Crippen molar-refractivity contribution in [2.75, 3.05) is 6.61 Å². The van der Waals surface area contributed by atoms with Gasteiger partial charge in [-0.15, -0.1) is 0 Å². The molecule has 4 aromatic rings. The Labute approximate surface area is 239 Å². The molecule has 3 aromatic carbocycles. The van der Waals surface area contributed by atoms with Crippen LogP contribution in [0, 0.1) is 12.7 Å². The maximum Gasteiger partial charge on any atom is 0.339 e. The Hall–Kier alpha value is -3.97. The average Bonchev–Trinajstić information content (AvgIpc) is 2.95. The molecule has 0 radical (unpaired) electrons. The van der Waals surface area contributed by atoms with Crippen LogP contribution >= 0.6 is 0 Å². The lowest BCUT2D eigenvalue weighted by Crippen LogP contribution is -2.33. The van der Waals surface area contributed by atoms with Crippen molar-refractivity contribution in [3.63, 3.8) is 0 Å². The predicted octanol–water partition coefficient (Wildman–Crippen LogP) is 6.70. The van der Waals surface area contributed by atoms with Gasteiger partial charge in [-0.05, 0) is 93.2 Å². The summed E-state index contributed by atoms with van der Waals surface area (Å²) >= 11 is 0. The van der Waals surface area contributed by atoms with Gasteiger partial charge in [0.25, 0.3) is 5.56 Å². The third-order valence-corrected chi connectivity index (χ3v) is 7.70. The molecule has 1 N–H and O–H groups in total. The number of ether oxygens (including phenoxy) is 2. The third-order valence-electron chi connectivity index (χ3n) is 7.70. The molecule has 0 saturated carbocycles. The van der Waals surface area contributed by atoms with Crippen LogP contribution in [-0.4, -0.2) is 27.9 Å². The maximum atomic E-state index is 15.5. The van der Waals surface area contributed by atoms with Gasteiger partial charge >= 0.3 is 5.97 Å². The highest BCUT2D eigenvalue weighted by Gasteiger charge is 2.34. The van der Waals surface area contributed by atoms with Crippen LogP contribution in [0.25, 0.3) is 21.9 Å². The van der Waals surface area contributed by atoms with Crippen LogP contribution in [0.3, 0.4) is 0 Å². The van der Waals surface area contributed by atoms with E-state index in [0.29, 0.717) is 34.9 Å². The summed E-state index contributed by atoms with van der Waals surface area (Å²) in [5, 5.41) is 11.4. The second-order valence-corrected chi connectivity index (χ2v) is 11.7. The Morgan fingerprint density at radius 1 is 1.07 bits per heavy atom.